The summed E-state index contributed by atoms with van der Waals surface area (Å²) in [4.78, 5) is 13.7. The quantitative estimate of drug-likeness (QED) is 0.802. The Morgan fingerprint density at radius 1 is 1.25 bits per heavy atom. The van der Waals surface area contributed by atoms with Crippen LogP contribution in [0.1, 0.15) is 10.4 Å². The van der Waals surface area contributed by atoms with Crippen LogP contribution in [0.15, 0.2) is 30.5 Å². The summed E-state index contributed by atoms with van der Waals surface area (Å²) in [5.74, 6) is -1.90. The summed E-state index contributed by atoms with van der Waals surface area (Å²) in [7, 11) is 0. The molecule has 1 heterocycles. The molecule has 2 rings (SSSR count). The second kappa shape index (κ2) is 3.77. The Kier molecular flexibility index (Phi) is 2.44. The fourth-order valence-corrected chi connectivity index (χ4v) is 1.49. The van der Waals surface area contributed by atoms with Crippen molar-refractivity contribution < 1.29 is 13.6 Å². The zero-order chi connectivity index (χ0) is 11.7. The topological polar surface area (TPSA) is 58.9 Å². The van der Waals surface area contributed by atoms with Crippen LogP contribution in [0.5, 0.6) is 0 Å². The number of aromatic amines is 1. The lowest BCUT2D eigenvalue weighted by molar-refractivity contribution is 0.100. The Morgan fingerprint density at radius 3 is 2.69 bits per heavy atom. The largest absolute Gasteiger partial charge is 0.366 e. The van der Waals surface area contributed by atoms with Gasteiger partial charge in [-0.15, -0.1) is 0 Å². The molecule has 1 amide bonds. The number of hydrogen-bond acceptors (Lipinski definition) is 1. The van der Waals surface area contributed by atoms with Crippen molar-refractivity contribution in [3.05, 3.63) is 47.7 Å². The molecule has 0 atom stereocenters. The third-order valence-corrected chi connectivity index (χ3v) is 2.21. The second-order valence-corrected chi connectivity index (χ2v) is 3.25. The molecule has 2 aromatic rings. The van der Waals surface area contributed by atoms with Crippen molar-refractivity contribution in [2.75, 3.05) is 0 Å². The van der Waals surface area contributed by atoms with Gasteiger partial charge in [0.15, 0.2) is 0 Å². The van der Waals surface area contributed by atoms with E-state index in [-0.39, 0.29) is 16.8 Å². The average Bonchev–Trinajstić information content (AvgIpc) is 2.70. The van der Waals surface area contributed by atoms with E-state index in [0.29, 0.717) is 0 Å². The van der Waals surface area contributed by atoms with Crippen molar-refractivity contribution in [2.24, 2.45) is 5.73 Å². The fraction of sp³-hybridized carbons (Fsp3) is 0. The molecule has 0 unspecified atom stereocenters. The molecule has 0 fully saturated rings. The molecule has 5 heteroatoms. The SMILES string of the molecule is NC(=O)c1cc[nH]c1-c1cc(F)ccc1F. The van der Waals surface area contributed by atoms with Crippen LogP contribution < -0.4 is 5.73 Å². The average molecular weight is 222 g/mol. The Balaban J connectivity index is 2.62. The van der Waals surface area contributed by atoms with E-state index in [2.05, 4.69) is 4.98 Å². The number of carbonyl (C=O) groups excluding carboxylic acids is 1. The third kappa shape index (κ3) is 1.67. The Morgan fingerprint density at radius 2 is 2.00 bits per heavy atom. The van der Waals surface area contributed by atoms with Gasteiger partial charge in [0.2, 0.25) is 0 Å². The molecule has 0 saturated heterocycles. The molecule has 0 spiro atoms. The number of aromatic nitrogens is 1. The van der Waals surface area contributed by atoms with E-state index in [1.807, 2.05) is 0 Å². The first-order valence-corrected chi connectivity index (χ1v) is 4.52. The molecule has 3 nitrogen and oxygen atoms in total. The van der Waals surface area contributed by atoms with Crippen molar-refractivity contribution in [1.29, 1.82) is 0 Å². The summed E-state index contributed by atoms with van der Waals surface area (Å²) in [5.41, 5.74) is 5.41. The number of hydrogen-bond donors (Lipinski definition) is 2. The van der Waals surface area contributed by atoms with Crippen molar-refractivity contribution in [1.82, 2.24) is 4.98 Å². The lowest BCUT2D eigenvalue weighted by Gasteiger charge is -2.03. The van der Waals surface area contributed by atoms with Gasteiger partial charge in [0.05, 0.1) is 11.3 Å². The van der Waals surface area contributed by atoms with Crippen LogP contribution in [0.3, 0.4) is 0 Å². The maximum atomic E-state index is 13.4. The predicted molar refractivity (Wildman–Crippen MR) is 54.7 cm³/mol. The minimum absolute atomic E-state index is 0.0150. The molecule has 16 heavy (non-hydrogen) atoms. The highest BCUT2D eigenvalue weighted by atomic mass is 19.1. The van der Waals surface area contributed by atoms with Crippen LogP contribution in [0, 0.1) is 11.6 Å². The summed E-state index contributed by atoms with van der Waals surface area (Å²) in [6.45, 7) is 0. The summed E-state index contributed by atoms with van der Waals surface area (Å²) in [6.07, 6.45) is 1.44. The number of primary amides is 1. The fourth-order valence-electron chi connectivity index (χ4n) is 1.49. The van der Waals surface area contributed by atoms with Gasteiger partial charge in [0.25, 0.3) is 5.91 Å². The van der Waals surface area contributed by atoms with Crippen LogP contribution in [-0.4, -0.2) is 10.9 Å². The molecule has 0 saturated carbocycles. The van der Waals surface area contributed by atoms with Gasteiger partial charge in [-0.25, -0.2) is 8.78 Å². The van der Waals surface area contributed by atoms with E-state index in [4.69, 9.17) is 5.73 Å². The second-order valence-electron chi connectivity index (χ2n) is 3.25. The number of H-pyrrole nitrogens is 1. The minimum Gasteiger partial charge on any atom is -0.366 e. The maximum Gasteiger partial charge on any atom is 0.250 e. The van der Waals surface area contributed by atoms with Gasteiger partial charge in [-0.2, -0.15) is 0 Å². The lowest BCUT2D eigenvalue weighted by Crippen LogP contribution is -2.11. The molecule has 0 aliphatic heterocycles. The molecular formula is C11H8F2N2O. The summed E-state index contributed by atoms with van der Waals surface area (Å²) in [5, 5.41) is 0. The van der Waals surface area contributed by atoms with E-state index < -0.39 is 17.5 Å². The number of amides is 1. The number of nitrogens with two attached hydrogens (primary N) is 1. The normalized spacial score (nSPS) is 10.4. The summed E-state index contributed by atoms with van der Waals surface area (Å²) >= 11 is 0. The minimum atomic E-state index is -0.695. The number of halogens is 2. The van der Waals surface area contributed by atoms with E-state index in [1.54, 1.807) is 0 Å². The maximum absolute atomic E-state index is 13.4. The van der Waals surface area contributed by atoms with Crippen LogP contribution in [0.25, 0.3) is 11.3 Å². The van der Waals surface area contributed by atoms with Gasteiger partial charge in [-0.1, -0.05) is 0 Å². The first-order valence-electron chi connectivity index (χ1n) is 4.52. The number of rotatable bonds is 2. The summed E-state index contributed by atoms with van der Waals surface area (Å²) < 4.78 is 26.4. The molecular weight excluding hydrogens is 214 g/mol. The van der Waals surface area contributed by atoms with Crippen LogP contribution >= 0.6 is 0 Å². The van der Waals surface area contributed by atoms with Crippen molar-refractivity contribution in [2.45, 2.75) is 0 Å². The molecule has 1 aromatic heterocycles. The highest BCUT2D eigenvalue weighted by Gasteiger charge is 2.15. The Labute approximate surface area is 89.9 Å². The van der Waals surface area contributed by atoms with Crippen LogP contribution in [0.2, 0.25) is 0 Å². The first kappa shape index (κ1) is 10.4. The van der Waals surface area contributed by atoms with Crippen molar-refractivity contribution >= 4 is 5.91 Å². The van der Waals surface area contributed by atoms with Gasteiger partial charge in [-0.05, 0) is 24.3 Å². The smallest absolute Gasteiger partial charge is 0.250 e. The van der Waals surface area contributed by atoms with Gasteiger partial charge in [0.1, 0.15) is 11.6 Å². The zero-order valence-corrected chi connectivity index (χ0v) is 8.13. The predicted octanol–water partition coefficient (Wildman–Crippen LogP) is 2.06. The highest BCUT2D eigenvalue weighted by molar-refractivity contribution is 5.99. The van der Waals surface area contributed by atoms with E-state index in [1.165, 1.54) is 12.3 Å². The number of nitrogens with one attached hydrogen (secondary N) is 1. The van der Waals surface area contributed by atoms with Crippen LogP contribution in [0.4, 0.5) is 8.78 Å². The first-order chi connectivity index (χ1) is 7.59. The Bertz CT molecular complexity index is 549. The van der Waals surface area contributed by atoms with E-state index >= 15 is 0 Å². The van der Waals surface area contributed by atoms with Gasteiger partial charge >= 0.3 is 0 Å². The molecule has 0 bridgehead atoms. The molecule has 82 valence electrons. The highest BCUT2D eigenvalue weighted by Crippen LogP contribution is 2.25. The Hall–Kier alpha value is -2.17. The monoisotopic (exact) mass is 222 g/mol. The molecule has 1 aromatic carbocycles. The third-order valence-electron chi connectivity index (χ3n) is 2.21. The zero-order valence-electron chi connectivity index (χ0n) is 8.13. The number of benzene rings is 1. The molecule has 3 N–H and O–H groups in total. The molecule has 0 aliphatic carbocycles. The van der Waals surface area contributed by atoms with Crippen molar-refractivity contribution in [3.8, 4) is 11.3 Å². The molecule has 0 aliphatic rings. The van der Waals surface area contributed by atoms with Crippen molar-refractivity contribution in [3.63, 3.8) is 0 Å². The van der Waals surface area contributed by atoms with Gasteiger partial charge in [-0.3, -0.25) is 4.79 Å². The van der Waals surface area contributed by atoms with Crippen LogP contribution in [-0.2, 0) is 0 Å². The van der Waals surface area contributed by atoms with E-state index in [0.717, 1.165) is 18.2 Å². The standard InChI is InChI=1S/C11H8F2N2O/c12-6-1-2-9(13)8(5-6)10-7(11(14)16)3-4-15-10/h1-5,15H,(H2,14,16). The summed E-state index contributed by atoms with van der Waals surface area (Å²) in [6, 6.07) is 4.43. The molecule has 0 radical (unpaired) electrons. The van der Waals surface area contributed by atoms with E-state index in [9.17, 15) is 13.6 Å². The number of carbonyl (C=O) groups is 1. The van der Waals surface area contributed by atoms with Gasteiger partial charge in [0, 0.05) is 11.8 Å². The lowest BCUT2D eigenvalue weighted by atomic mass is 10.1. The van der Waals surface area contributed by atoms with Gasteiger partial charge < -0.3 is 10.7 Å².